The van der Waals surface area contributed by atoms with Gasteiger partial charge >= 0.3 is 6.85 Å². The van der Waals surface area contributed by atoms with Crippen LogP contribution in [0.2, 0.25) is 0 Å². The van der Waals surface area contributed by atoms with Crippen LogP contribution in [0.4, 0.5) is 11.4 Å². The van der Waals surface area contributed by atoms with Crippen LogP contribution in [-0.2, 0) is 22.7 Å². The smallest absolute Gasteiger partial charge is 0.329 e. The number of unbranched alkanes of at least 4 members (excludes halogenated alkanes) is 1. The number of hydrogen-bond acceptors (Lipinski definition) is 1. The van der Waals surface area contributed by atoms with Gasteiger partial charge in [0.05, 0.1) is 5.69 Å². The predicted octanol–water partition coefficient (Wildman–Crippen LogP) is 14.7. The molecule has 0 unspecified atom stereocenters. The first-order chi connectivity index (χ1) is 29.4. The summed E-state index contributed by atoms with van der Waals surface area (Å²) in [7, 11) is 0. The summed E-state index contributed by atoms with van der Waals surface area (Å²) in [4.78, 5) is 2.75. The minimum Gasteiger partial charge on any atom is -0.376 e. The van der Waals surface area contributed by atoms with Crippen LogP contribution in [0, 0.1) is 6.92 Å². The highest BCUT2D eigenvalue weighted by Gasteiger charge is 2.54. The Hall–Kier alpha value is -5.80. The van der Waals surface area contributed by atoms with Crippen molar-refractivity contribution >= 4 is 62.0 Å². The molecule has 0 saturated carbocycles. The number of anilines is 2. The number of nitrogens with zero attached hydrogens (tertiary/aromatic N) is 2. The molecule has 3 heterocycles. The molecule has 0 atom stereocenters. The molecular weight excluding hydrogens is 735 g/mol. The number of aryl methyl sites for hydroxylation is 2. The van der Waals surface area contributed by atoms with Gasteiger partial charge in [0.2, 0.25) is 0 Å². The van der Waals surface area contributed by atoms with Crippen LogP contribution in [0.1, 0.15) is 108 Å². The van der Waals surface area contributed by atoms with Gasteiger partial charge < -0.3 is 9.38 Å². The highest BCUT2D eigenvalue weighted by Crippen LogP contribution is 2.60. The molecule has 1 aromatic heterocycles. The van der Waals surface area contributed by atoms with Crippen LogP contribution >= 0.6 is 0 Å². The van der Waals surface area contributed by atoms with Crippen molar-refractivity contribution in [1.29, 1.82) is 0 Å². The zero-order valence-corrected chi connectivity index (χ0v) is 37.1. The van der Waals surface area contributed by atoms with E-state index < -0.39 is 0 Å². The van der Waals surface area contributed by atoms with Crippen LogP contribution in [0.3, 0.4) is 0 Å². The highest BCUT2D eigenvalue weighted by atomic mass is 15.2. The first kappa shape index (κ1) is 37.0. The molecule has 61 heavy (non-hydrogen) atoms. The summed E-state index contributed by atoms with van der Waals surface area (Å²) in [5.74, 6) is 0. The molecule has 0 bridgehead atoms. The number of hydrogen-bond donors (Lipinski definition) is 0. The molecular formula is C58H55BN2. The minimum atomic E-state index is -0.264. The minimum absolute atomic E-state index is 0.0114. The second-order valence-electron chi connectivity index (χ2n) is 20.7. The largest absolute Gasteiger partial charge is 0.376 e. The van der Waals surface area contributed by atoms with E-state index in [1.165, 1.54) is 142 Å². The van der Waals surface area contributed by atoms with Crippen molar-refractivity contribution in [2.45, 2.75) is 104 Å². The van der Waals surface area contributed by atoms with E-state index in [0.717, 1.165) is 6.42 Å². The van der Waals surface area contributed by atoms with Gasteiger partial charge in [0, 0.05) is 55.3 Å². The number of rotatable bonds is 5. The lowest BCUT2D eigenvalue weighted by Gasteiger charge is -2.43. The Morgan fingerprint density at radius 1 is 0.590 bits per heavy atom. The maximum atomic E-state index is 2.79. The Morgan fingerprint density at radius 3 is 2.07 bits per heavy atom. The molecule has 8 aromatic rings. The number of benzene rings is 7. The Bertz CT molecular complexity index is 3230. The molecule has 7 aromatic carbocycles. The third kappa shape index (κ3) is 5.04. The van der Waals surface area contributed by atoms with Crippen molar-refractivity contribution in [3.8, 4) is 22.3 Å². The average Bonchev–Trinajstić information content (AvgIpc) is 3.70. The molecule has 2 nitrogen and oxygen atoms in total. The standard InChI is InChI=1S/C58H55BN2/c1-9-10-17-36-24-25-49(42(30-36)37-18-12-11-13-19-37)60-51-29-35(2)28-44-41-23-16-22-40-43-31-38-20-14-15-21-39(38)32-50(43)61(53(40)41)59(52(44)51)55-54(60)45-33-47-48(34-46(45)58(55,7)8)57(5,6)27-26-56(47,3)4/h11-16,18-25,28-34H,9-10,17,26-27H2,1-8H3. The summed E-state index contributed by atoms with van der Waals surface area (Å²) in [6.45, 7) is 19.7. The Balaban J connectivity index is 1.25. The van der Waals surface area contributed by atoms with Gasteiger partial charge in [-0.2, -0.15) is 0 Å². The molecule has 0 spiro atoms. The molecule has 12 rings (SSSR count). The van der Waals surface area contributed by atoms with E-state index in [1.807, 2.05) is 0 Å². The average molecular weight is 791 g/mol. The summed E-state index contributed by atoms with van der Waals surface area (Å²) in [5, 5.41) is 5.27. The van der Waals surface area contributed by atoms with Crippen LogP contribution in [-0.4, -0.2) is 11.3 Å². The van der Waals surface area contributed by atoms with Crippen LogP contribution in [0.5, 0.6) is 0 Å². The number of fused-ring (bicyclic) bond motifs is 10. The van der Waals surface area contributed by atoms with Crippen LogP contribution < -0.4 is 10.4 Å². The normalized spacial score (nSPS) is 17.5. The third-order valence-corrected chi connectivity index (χ3v) is 15.6. The van der Waals surface area contributed by atoms with Crippen LogP contribution in [0.25, 0.3) is 60.5 Å². The quantitative estimate of drug-likeness (QED) is 0.158. The Labute approximate surface area is 362 Å². The topological polar surface area (TPSA) is 8.17 Å². The predicted molar refractivity (Wildman–Crippen MR) is 262 cm³/mol. The SMILES string of the molecule is CCCCc1ccc(N2C3=C(B4c5c(cc(C)cc52)-c2cccc5c6cc7ccccc7cc6n4c25)C(C)(C)c2cc4c(cc23)C(C)(C)CCC4(C)C)c(-c2ccccc2)c1. The first-order valence-electron chi connectivity index (χ1n) is 22.9. The molecule has 4 aliphatic rings. The van der Waals surface area contributed by atoms with Gasteiger partial charge in [-0.25, -0.2) is 0 Å². The van der Waals surface area contributed by atoms with Gasteiger partial charge in [-0.15, -0.1) is 0 Å². The fourth-order valence-electron chi connectivity index (χ4n) is 12.3. The zero-order valence-electron chi connectivity index (χ0n) is 37.1. The van der Waals surface area contributed by atoms with Gasteiger partial charge in [-0.05, 0) is 140 Å². The summed E-state index contributed by atoms with van der Waals surface area (Å²) in [6, 6.07) is 49.9. The van der Waals surface area contributed by atoms with Gasteiger partial charge in [-0.1, -0.05) is 146 Å². The summed E-state index contributed by atoms with van der Waals surface area (Å²) in [5.41, 5.74) is 23.4. The molecule has 0 N–H and O–H groups in total. The van der Waals surface area contributed by atoms with Crippen molar-refractivity contribution in [2.75, 3.05) is 4.90 Å². The van der Waals surface area contributed by atoms with E-state index in [0.29, 0.717) is 0 Å². The maximum absolute atomic E-state index is 2.79. The molecule has 3 heteroatoms. The Morgan fingerprint density at radius 2 is 1.31 bits per heavy atom. The van der Waals surface area contributed by atoms with E-state index in [4.69, 9.17) is 0 Å². The van der Waals surface area contributed by atoms with E-state index >= 15 is 0 Å². The number of allylic oxidation sites excluding steroid dienone is 1. The van der Waals surface area contributed by atoms with Crippen molar-refractivity contribution in [2.24, 2.45) is 0 Å². The number of aromatic nitrogens is 1. The number of para-hydroxylation sites is 1. The van der Waals surface area contributed by atoms with E-state index in [-0.39, 0.29) is 23.1 Å². The third-order valence-electron chi connectivity index (χ3n) is 15.6. The van der Waals surface area contributed by atoms with Crippen molar-refractivity contribution < 1.29 is 0 Å². The maximum Gasteiger partial charge on any atom is 0.329 e. The summed E-state index contributed by atoms with van der Waals surface area (Å²) < 4.78 is 2.79. The second kappa shape index (κ2) is 12.6. The summed E-state index contributed by atoms with van der Waals surface area (Å²) >= 11 is 0. The monoisotopic (exact) mass is 790 g/mol. The van der Waals surface area contributed by atoms with E-state index in [1.54, 1.807) is 0 Å². The van der Waals surface area contributed by atoms with Gasteiger partial charge in [-0.3, -0.25) is 0 Å². The fraction of sp³-hybridized carbons (Fsp3) is 0.276. The van der Waals surface area contributed by atoms with Crippen LogP contribution in [0.15, 0.2) is 133 Å². The fourth-order valence-corrected chi connectivity index (χ4v) is 12.3. The second-order valence-corrected chi connectivity index (χ2v) is 20.7. The highest BCUT2D eigenvalue weighted by molar-refractivity contribution is 6.85. The molecule has 0 fully saturated rings. The lowest BCUT2D eigenvalue weighted by molar-refractivity contribution is 0.331. The lowest BCUT2D eigenvalue weighted by Crippen LogP contribution is -2.52. The van der Waals surface area contributed by atoms with Crippen molar-refractivity contribution in [1.82, 2.24) is 4.48 Å². The van der Waals surface area contributed by atoms with Gasteiger partial charge in [0.15, 0.2) is 0 Å². The lowest BCUT2D eigenvalue weighted by atomic mass is 9.40. The van der Waals surface area contributed by atoms with E-state index in [9.17, 15) is 0 Å². The molecule has 0 saturated heterocycles. The molecule has 0 radical (unpaired) electrons. The van der Waals surface area contributed by atoms with Gasteiger partial charge in [0.1, 0.15) is 0 Å². The molecule has 2 aliphatic heterocycles. The summed E-state index contributed by atoms with van der Waals surface area (Å²) in [6.07, 6.45) is 5.84. The van der Waals surface area contributed by atoms with Crippen molar-refractivity contribution in [3.63, 3.8) is 0 Å². The first-order valence-corrected chi connectivity index (χ1v) is 22.9. The molecule has 300 valence electrons. The van der Waals surface area contributed by atoms with Gasteiger partial charge in [0.25, 0.3) is 0 Å². The molecule has 2 aliphatic carbocycles. The molecule has 0 amide bonds. The zero-order chi connectivity index (χ0) is 41.7. The van der Waals surface area contributed by atoms with E-state index in [2.05, 4.69) is 192 Å². The van der Waals surface area contributed by atoms with Crippen molar-refractivity contribution in [3.05, 3.63) is 166 Å². The Kier molecular flexibility index (Phi) is 7.66.